The molecule has 0 N–H and O–H groups in total. The van der Waals surface area contributed by atoms with Gasteiger partial charge in [0.25, 0.3) is 0 Å². The maximum absolute atomic E-state index is 12.6. The van der Waals surface area contributed by atoms with Gasteiger partial charge in [-0.3, -0.25) is 4.90 Å². The molecule has 1 aliphatic rings. The van der Waals surface area contributed by atoms with Crippen molar-refractivity contribution in [2.75, 3.05) is 26.2 Å². The van der Waals surface area contributed by atoms with E-state index in [1.54, 1.807) is 0 Å². The molecule has 0 aliphatic carbocycles. The minimum Gasteiger partial charge on any atom is -0.296 e. The second-order valence-electron chi connectivity index (χ2n) is 3.57. The molecule has 1 fully saturated rings. The maximum atomic E-state index is 12.6. The maximum Gasteiger partial charge on any atom is 0.123 e. The van der Waals surface area contributed by atoms with Gasteiger partial charge < -0.3 is 0 Å². The van der Waals surface area contributed by atoms with E-state index in [0.717, 1.165) is 32.7 Å². The minimum absolute atomic E-state index is 0.164. The van der Waals surface area contributed by atoms with Gasteiger partial charge in [-0.25, -0.2) is 9.71 Å². The standard InChI is InChI=1S/C11H14FN2/c12-11-3-1-10(2-4-11)9-14-7-5-13-6-8-14/h1-4H,5-9H2. The second kappa shape index (κ2) is 4.53. The molecule has 0 bridgehead atoms. The van der Waals surface area contributed by atoms with E-state index in [9.17, 15) is 4.39 Å². The predicted molar refractivity (Wildman–Crippen MR) is 53.5 cm³/mol. The van der Waals surface area contributed by atoms with Crippen molar-refractivity contribution in [2.45, 2.75) is 6.54 Å². The summed E-state index contributed by atoms with van der Waals surface area (Å²) in [7, 11) is 0. The van der Waals surface area contributed by atoms with Crippen LogP contribution in [0.4, 0.5) is 4.39 Å². The zero-order chi connectivity index (χ0) is 9.80. The number of rotatable bonds is 2. The van der Waals surface area contributed by atoms with Crippen LogP contribution in [0.15, 0.2) is 24.3 Å². The molecule has 2 nitrogen and oxygen atoms in total. The minimum atomic E-state index is -0.164. The van der Waals surface area contributed by atoms with Crippen LogP contribution < -0.4 is 5.32 Å². The van der Waals surface area contributed by atoms with Crippen LogP contribution >= 0.6 is 0 Å². The Hall–Kier alpha value is -0.930. The normalized spacial score (nSPS) is 18.4. The molecule has 1 aromatic rings. The van der Waals surface area contributed by atoms with Crippen molar-refractivity contribution in [3.05, 3.63) is 35.6 Å². The Morgan fingerprint density at radius 2 is 1.79 bits per heavy atom. The molecule has 0 saturated carbocycles. The molecule has 1 heterocycles. The molecule has 1 aliphatic heterocycles. The van der Waals surface area contributed by atoms with Gasteiger partial charge in [-0.15, -0.1) is 0 Å². The molecule has 75 valence electrons. The summed E-state index contributed by atoms with van der Waals surface area (Å²) in [5.74, 6) is -0.164. The molecule has 1 saturated heterocycles. The monoisotopic (exact) mass is 193 g/mol. The van der Waals surface area contributed by atoms with Crippen LogP contribution in [-0.2, 0) is 6.54 Å². The zero-order valence-electron chi connectivity index (χ0n) is 8.12. The lowest BCUT2D eigenvalue weighted by atomic mass is 10.2. The van der Waals surface area contributed by atoms with Crippen molar-refractivity contribution in [1.82, 2.24) is 10.2 Å². The largest absolute Gasteiger partial charge is 0.296 e. The SMILES string of the molecule is Fc1ccc(CN2CC[N]CC2)cc1. The van der Waals surface area contributed by atoms with Gasteiger partial charge in [0, 0.05) is 32.7 Å². The number of nitrogens with zero attached hydrogens (tertiary/aromatic N) is 2. The van der Waals surface area contributed by atoms with E-state index >= 15 is 0 Å². The van der Waals surface area contributed by atoms with E-state index in [1.807, 2.05) is 12.1 Å². The van der Waals surface area contributed by atoms with E-state index < -0.39 is 0 Å². The topological polar surface area (TPSA) is 17.3 Å². The summed E-state index contributed by atoms with van der Waals surface area (Å²) >= 11 is 0. The summed E-state index contributed by atoms with van der Waals surface area (Å²) in [6.07, 6.45) is 0. The van der Waals surface area contributed by atoms with E-state index in [-0.39, 0.29) is 5.82 Å². The van der Waals surface area contributed by atoms with Crippen molar-refractivity contribution in [3.63, 3.8) is 0 Å². The number of halogens is 1. The highest BCUT2D eigenvalue weighted by molar-refractivity contribution is 5.15. The Bertz CT molecular complexity index is 278. The van der Waals surface area contributed by atoms with Gasteiger partial charge in [-0.05, 0) is 17.7 Å². The summed E-state index contributed by atoms with van der Waals surface area (Å²) in [6.45, 7) is 4.83. The fourth-order valence-electron chi connectivity index (χ4n) is 1.65. The van der Waals surface area contributed by atoms with Gasteiger partial charge in [0.05, 0.1) is 0 Å². The molecule has 1 aromatic carbocycles. The highest BCUT2D eigenvalue weighted by Gasteiger charge is 2.10. The molecule has 1 radical (unpaired) electrons. The Morgan fingerprint density at radius 3 is 2.43 bits per heavy atom. The number of piperazine rings is 1. The first-order chi connectivity index (χ1) is 6.84. The first-order valence-corrected chi connectivity index (χ1v) is 4.95. The summed E-state index contributed by atoms with van der Waals surface area (Å²) in [5.41, 5.74) is 1.17. The smallest absolute Gasteiger partial charge is 0.123 e. The molecule has 0 unspecified atom stereocenters. The van der Waals surface area contributed by atoms with Gasteiger partial charge in [0.15, 0.2) is 0 Å². The van der Waals surface area contributed by atoms with Gasteiger partial charge in [-0.1, -0.05) is 12.1 Å². The third-order valence-electron chi connectivity index (χ3n) is 2.47. The molecule has 0 aromatic heterocycles. The summed E-state index contributed by atoms with van der Waals surface area (Å²) < 4.78 is 12.6. The van der Waals surface area contributed by atoms with Crippen LogP contribution in [0.2, 0.25) is 0 Å². The first kappa shape index (κ1) is 9.62. The fraction of sp³-hybridized carbons (Fsp3) is 0.455. The third-order valence-corrected chi connectivity index (χ3v) is 2.47. The quantitative estimate of drug-likeness (QED) is 0.691. The third kappa shape index (κ3) is 2.53. The van der Waals surface area contributed by atoms with Crippen molar-refractivity contribution in [3.8, 4) is 0 Å². The van der Waals surface area contributed by atoms with Crippen molar-refractivity contribution in [2.24, 2.45) is 0 Å². The van der Waals surface area contributed by atoms with Crippen LogP contribution in [0.1, 0.15) is 5.56 Å². The Balaban J connectivity index is 1.92. The van der Waals surface area contributed by atoms with Gasteiger partial charge >= 0.3 is 0 Å². The summed E-state index contributed by atoms with van der Waals surface area (Å²) in [5, 5.41) is 4.28. The van der Waals surface area contributed by atoms with Crippen LogP contribution in [0, 0.1) is 5.82 Å². The molecular formula is C11H14FN2. The van der Waals surface area contributed by atoms with Crippen LogP contribution in [0.5, 0.6) is 0 Å². The van der Waals surface area contributed by atoms with Gasteiger partial charge in [0.2, 0.25) is 0 Å². The van der Waals surface area contributed by atoms with E-state index in [1.165, 1.54) is 17.7 Å². The highest BCUT2D eigenvalue weighted by Crippen LogP contribution is 2.07. The summed E-state index contributed by atoms with van der Waals surface area (Å²) in [4.78, 5) is 2.35. The Morgan fingerprint density at radius 1 is 1.14 bits per heavy atom. The van der Waals surface area contributed by atoms with E-state index in [4.69, 9.17) is 0 Å². The molecule has 3 heteroatoms. The average Bonchev–Trinajstić information content (AvgIpc) is 2.23. The molecular weight excluding hydrogens is 179 g/mol. The lowest BCUT2D eigenvalue weighted by Crippen LogP contribution is -2.39. The van der Waals surface area contributed by atoms with Crippen molar-refractivity contribution in [1.29, 1.82) is 0 Å². The Kier molecular flexibility index (Phi) is 3.11. The number of benzene rings is 1. The van der Waals surface area contributed by atoms with Gasteiger partial charge in [-0.2, -0.15) is 0 Å². The number of hydrogen-bond acceptors (Lipinski definition) is 1. The molecule has 0 atom stereocenters. The second-order valence-corrected chi connectivity index (χ2v) is 3.57. The Labute approximate surface area is 83.7 Å². The molecule has 2 rings (SSSR count). The molecule has 0 spiro atoms. The van der Waals surface area contributed by atoms with Crippen molar-refractivity contribution >= 4 is 0 Å². The van der Waals surface area contributed by atoms with E-state index in [0.29, 0.717) is 0 Å². The fourth-order valence-corrected chi connectivity index (χ4v) is 1.65. The lowest BCUT2D eigenvalue weighted by molar-refractivity contribution is 0.230. The van der Waals surface area contributed by atoms with E-state index in [2.05, 4.69) is 10.2 Å². The van der Waals surface area contributed by atoms with Gasteiger partial charge in [0.1, 0.15) is 5.82 Å². The highest BCUT2D eigenvalue weighted by atomic mass is 19.1. The predicted octanol–water partition coefficient (Wildman–Crippen LogP) is 1.25. The lowest BCUT2D eigenvalue weighted by Gasteiger charge is -2.26. The average molecular weight is 193 g/mol. The van der Waals surface area contributed by atoms with Crippen molar-refractivity contribution < 1.29 is 4.39 Å². The summed E-state index contributed by atoms with van der Waals surface area (Å²) in [6, 6.07) is 6.73. The molecule has 0 amide bonds. The van der Waals surface area contributed by atoms with Crippen LogP contribution in [0.3, 0.4) is 0 Å². The molecule has 14 heavy (non-hydrogen) atoms. The zero-order valence-corrected chi connectivity index (χ0v) is 8.12. The van der Waals surface area contributed by atoms with Crippen LogP contribution in [-0.4, -0.2) is 31.1 Å². The first-order valence-electron chi connectivity index (χ1n) is 4.95. The number of hydrogen-bond donors (Lipinski definition) is 0. The van der Waals surface area contributed by atoms with Crippen LogP contribution in [0.25, 0.3) is 0 Å².